The molecule has 1 amide bonds. The number of amides is 1. The van der Waals surface area contributed by atoms with E-state index in [1.165, 1.54) is 0 Å². The van der Waals surface area contributed by atoms with E-state index in [1.54, 1.807) is 40.7 Å². The van der Waals surface area contributed by atoms with E-state index in [9.17, 15) is 13.2 Å². The topological polar surface area (TPSA) is 75.7 Å². The first-order valence-electron chi connectivity index (χ1n) is 10.7. The summed E-state index contributed by atoms with van der Waals surface area (Å²) in [6, 6.07) is 23.2. The monoisotopic (exact) mass is 450 g/mol. The lowest BCUT2D eigenvalue weighted by atomic mass is 10.1. The van der Waals surface area contributed by atoms with Crippen molar-refractivity contribution in [3.8, 4) is 11.5 Å². The molecule has 3 aromatic carbocycles. The molecule has 1 N–H and O–H groups in total. The lowest BCUT2D eigenvalue weighted by Gasteiger charge is -2.25. The predicted octanol–water partition coefficient (Wildman–Crippen LogP) is 4.83. The fourth-order valence-corrected chi connectivity index (χ4v) is 5.20. The summed E-state index contributed by atoms with van der Waals surface area (Å²) in [6.45, 7) is 1.13. The van der Waals surface area contributed by atoms with Crippen molar-refractivity contribution in [3.63, 3.8) is 0 Å². The van der Waals surface area contributed by atoms with Gasteiger partial charge in [0.2, 0.25) is 15.9 Å². The zero-order valence-electron chi connectivity index (χ0n) is 17.7. The molecule has 0 aliphatic carbocycles. The number of nitrogens with one attached hydrogen (secondary N) is 1. The molecule has 6 nitrogen and oxygen atoms in total. The molecule has 1 fully saturated rings. The minimum Gasteiger partial charge on any atom is -0.455 e. The van der Waals surface area contributed by atoms with Crippen molar-refractivity contribution in [3.05, 3.63) is 84.4 Å². The van der Waals surface area contributed by atoms with Crippen LogP contribution in [0.2, 0.25) is 0 Å². The van der Waals surface area contributed by atoms with E-state index in [-0.39, 0.29) is 17.2 Å². The van der Waals surface area contributed by atoms with Gasteiger partial charge >= 0.3 is 0 Å². The Morgan fingerprint density at radius 2 is 1.50 bits per heavy atom. The number of rotatable bonds is 7. The second-order valence-electron chi connectivity index (χ2n) is 7.74. The van der Waals surface area contributed by atoms with Crippen LogP contribution in [0.4, 0.5) is 5.69 Å². The van der Waals surface area contributed by atoms with Crippen LogP contribution < -0.4 is 10.1 Å². The first-order valence-corrected chi connectivity index (χ1v) is 12.2. The summed E-state index contributed by atoms with van der Waals surface area (Å²) in [5.74, 6) is 1.02. The van der Waals surface area contributed by atoms with Gasteiger partial charge < -0.3 is 10.1 Å². The van der Waals surface area contributed by atoms with Crippen molar-refractivity contribution < 1.29 is 17.9 Å². The maximum atomic E-state index is 12.8. The van der Waals surface area contributed by atoms with Crippen LogP contribution in [0.1, 0.15) is 24.8 Å². The summed E-state index contributed by atoms with van der Waals surface area (Å²) in [5.41, 5.74) is 1.31. The van der Waals surface area contributed by atoms with E-state index in [1.807, 2.05) is 42.5 Å². The molecule has 0 spiro atoms. The number of anilines is 1. The van der Waals surface area contributed by atoms with Gasteiger partial charge in [0.15, 0.2) is 5.75 Å². The Balaban J connectivity index is 1.41. The number of carbonyl (C=O) groups is 1. The molecule has 1 aliphatic heterocycles. The second-order valence-corrected chi connectivity index (χ2v) is 9.68. The summed E-state index contributed by atoms with van der Waals surface area (Å²) in [4.78, 5) is 12.9. The summed E-state index contributed by atoms with van der Waals surface area (Å²) in [7, 11) is -3.47. The molecule has 0 bridgehead atoms. The Morgan fingerprint density at radius 3 is 2.22 bits per heavy atom. The third-order valence-electron chi connectivity index (χ3n) is 5.37. The highest BCUT2D eigenvalue weighted by Crippen LogP contribution is 2.29. The Morgan fingerprint density at radius 1 is 0.844 bits per heavy atom. The second kappa shape index (κ2) is 9.97. The number of benzene rings is 3. The number of piperidine rings is 1. The largest absolute Gasteiger partial charge is 0.455 e. The summed E-state index contributed by atoms with van der Waals surface area (Å²) >= 11 is 0. The van der Waals surface area contributed by atoms with E-state index < -0.39 is 10.0 Å². The highest BCUT2D eigenvalue weighted by Gasteiger charge is 2.25. The molecule has 1 heterocycles. The van der Waals surface area contributed by atoms with Crippen molar-refractivity contribution in [1.29, 1.82) is 0 Å². The number of hydrogen-bond acceptors (Lipinski definition) is 4. The molecule has 0 saturated carbocycles. The molecule has 4 rings (SSSR count). The molecule has 0 atom stereocenters. The smallest absolute Gasteiger partial charge is 0.243 e. The number of carbonyl (C=O) groups excluding carboxylic acids is 1. The van der Waals surface area contributed by atoms with Crippen LogP contribution in [-0.2, 0) is 21.2 Å². The highest BCUT2D eigenvalue weighted by atomic mass is 32.2. The Labute approximate surface area is 188 Å². The molecule has 0 radical (unpaired) electrons. The standard InChI is InChI=1S/C25H26N2O4S/c28-25(26-23-11-5-6-12-24(23)31-21-9-3-1-4-10-21)19-20-13-15-22(16-14-20)32(29,30)27-17-7-2-8-18-27/h1,3-6,9-16H,2,7-8,17-19H2,(H,26,28). The fraction of sp³-hybridized carbons (Fsp3) is 0.240. The lowest BCUT2D eigenvalue weighted by molar-refractivity contribution is -0.115. The molecule has 1 saturated heterocycles. The molecule has 0 aromatic heterocycles. The van der Waals surface area contributed by atoms with Crippen LogP contribution in [-0.4, -0.2) is 31.7 Å². The molecule has 3 aromatic rings. The fourth-order valence-electron chi connectivity index (χ4n) is 3.69. The number of hydrogen-bond donors (Lipinski definition) is 1. The van der Waals surface area contributed by atoms with Gasteiger partial charge in [0.1, 0.15) is 5.75 Å². The van der Waals surface area contributed by atoms with Crippen molar-refractivity contribution in [2.45, 2.75) is 30.6 Å². The van der Waals surface area contributed by atoms with Crippen molar-refractivity contribution in [2.24, 2.45) is 0 Å². The van der Waals surface area contributed by atoms with Crippen molar-refractivity contribution in [2.75, 3.05) is 18.4 Å². The van der Waals surface area contributed by atoms with Gasteiger partial charge in [-0.3, -0.25) is 4.79 Å². The maximum absolute atomic E-state index is 12.8. The van der Waals surface area contributed by atoms with Gasteiger partial charge in [0.05, 0.1) is 17.0 Å². The summed E-state index contributed by atoms with van der Waals surface area (Å²) in [5, 5.41) is 2.89. The van der Waals surface area contributed by atoms with Gasteiger partial charge in [-0.05, 0) is 54.8 Å². The predicted molar refractivity (Wildman–Crippen MR) is 124 cm³/mol. The van der Waals surface area contributed by atoms with E-state index >= 15 is 0 Å². The van der Waals surface area contributed by atoms with Crippen LogP contribution in [0.5, 0.6) is 11.5 Å². The Kier molecular flexibility index (Phi) is 6.87. The lowest BCUT2D eigenvalue weighted by Crippen LogP contribution is -2.35. The van der Waals surface area contributed by atoms with E-state index in [0.717, 1.165) is 24.8 Å². The quantitative estimate of drug-likeness (QED) is 0.559. The zero-order valence-corrected chi connectivity index (χ0v) is 18.6. The molecule has 32 heavy (non-hydrogen) atoms. The van der Waals surface area contributed by atoms with Crippen LogP contribution in [0.25, 0.3) is 0 Å². The van der Waals surface area contributed by atoms with Gasteiger partial charge in [-0.25, -0.2) is 8.42 Å². The molecule has 0 unspecified atom stereocenters. The SMILES string of the molecule is O=C(Cc1ccc(S(=O)(=O)N2CCCCC2)cc1)Nc1ccccc1Oc1ccccc1. The van der Waals surface area contributed by atoms with Gasteiger partial charge in [0, 0.05) is 13.1 Å². The number of ether oxygens (including phenoxy) is 1. The van der Waals surface area contributed by atoms with Gasteiger partial charge in [-0.1, -0.05) is 48.9 Å². The molecular weight excluding hydrogens is 424 g/mol. The van der Waals surface area contributed by atoms with Gasteiger partial charge in [0.25, 0.3) is 0 Å². The van der Waals surface area contributed by atoms with Crippen molar-refractivity contribution in [1.82, 2.24) is 4.31 Å². The normalized spacial score (nSPS) is 14.6. The third-order valence-corrected chi connectivity index (χ3v) is 7.29. The van der Waals surface area contributed by atoms with Crippen molar-refractivity contribution >= 4 is 21.6 Å². The average molecular weight is 451 g/mol. The van der Waals surface area contributed by atoms with Crippen LogP contribution in [0.3, 0.4) is 0 Å². The minimum absolute atomic E-state index is 0.129. The zero-order chi connectivity index (χ0) is 22.4. The average Bonchev–Trinajstić information content (AvgIpc) is 2.82. The minimum atomic E-state index is -3.47. The van der Waals surface area contributed by atoms with Crippen LogP contribution >= 0.6 is 0 Å². The van der Waals surface area contributed by atoms with Crippen LogP contribution in [0.15, 0.2) is 83.8 Å². The third kappa shape index (κ3) is 5.36. The van der Waals surface area contributed by atoms with Gasteiger partial charge in [-0.2, -0.15) is 4.31 Å². The van der Waals surface area contributed by atoms with Gasteiger partial charge in [-0.15, -0.1) is 0 Å². The Hall–Kier alpha value is -3.16. The first-order chi connectivity index (χ1) is 15.5. The van der Waals surface area contributed by atoms with E-state index in [2.05, 4.69) is 5.32 Å². The highest BCUT2D eigenvalue weighted by molar-refractivity contribution is 7.89. The van der Waals surface area contributed by atoms with E-state index in [4.69, 9.17) is 4.74 Å². The van der Waals surface area contributed by atoms with Crippen LogP contribution in [0, 0.1) is 0 Å². The summed E-state index contributed by atoms with van der Waals surface area (Å²) < 4.78 is 33.0. The maximum Gasteiger partial charge on any atom is 0.243 e. The molecule has 1 aliphatic rings. The molecule has 7 heteroatoms. The first kappa shape index (κ1) is 22.0. The number of nitrogens with zero attached hydrogens (tertiary/aromatic N) is 1. The number of para-hydroxylation sites is 3. The molecule has 166 valence electrons. The number of sulfonamides is 1. The Bertz CT molecular complexity index is 1160. The molecular formula is C25H26N2O4S. The summed E-state index contributed by atoms with van der Waals surface area (Å²) in [6.07, 6.45) is 2.99. The van der Waals surface area contributed by atoms with E-state index in [0.29, 0.717) is 30.3 Å².